The van der Waals surface area contributed by atoms with Gasteiger partial charge in [0.25, 0.3) is 0 Å². The summed E-state index contributed by atoms with van der Waals surface area (Å²) in [6, 6.07) is 17.4. The molecule has 0 N–H and O–H groups in total. The van der Waals surface area contributed by atoms with E-state index in [-0.39, 0.29) is 6.67 Å². The predicted octanol–water partition coefficient (Wildman–Crippen LogP) is 10.7. The molecule has 0 atom stereocenters. The quantitative estimate of drug-likeness (QED) is 0.206. The minimum absolute atomic E-state index is 0.216. The van der Waals surface area contributed by atoms with Crippen LogP contribution in [0.1, 0.15) is 82.1 Å². The third-order valence-corrected chi connectivity index (χ3v) is 4.26. The summed E-state index contributed by atoms with van der Waals surface area (Å²) in [6.45, 7) is 26.1. The van der Waals surface area contributed by atoms with Gasteiger partial charge in [0.2, 0.25) is 0 Å². The fourth-order valence-electron chi connectivity index (χ4n) is 2.39. The molecule has 0 fully saturated rings. The van der Waals surface area contributed by atoms with Crippen molar-refractivity contribution in [2.75, 3.05) is 6.67 Å². The Hall–Kier alpha value is -2.63. The second kappa shape index (κ2) is 28.4. The second-order valence-electron chi connectivity index (χ2n) is 8.21. The molecule has 0 heterocycles. The molecule has 2 aromatic rings. The van der Waals surface area contributed by atoms with Gasteiger partial charge in [0.05, 0.1) is 6.67 Å². The molecule has 0 aliphatic carbocycles. The Kier molecular flexibility index (Phi) is 30.0. The van der Waals surface area contributed by atoms with Gasteiger partial charge in [-0.25, -0.2) is 0 Å². The predicted molar refractivity (Wildman–Crippen MR) is 156 cm³/mol. The third kappa shape index (κ3) is 29.4. The number of halogens is 1. The Morgan fingerprint density at radius 2 is 1.26 bits per heavy atom. The fraction of sp³-hybridized carbons (Fsp3) is 0.424. The molecule has 0 unspecified atom stereocenters. The number of hydrogen-bond acceptors (Lipinski definition) is 0. The summed E-state index contributed by atoms with van der Waals surface area (Å²) < 4.78 is 11.1. The van der Waals surface area contributed by atoms with Crippen LogP contribution >= 0.6 is 0 Å². The standard InChI is InChI=1S/C13H18.C9H12.C5H9F.C3H8.C3H4/c1-11(2)5-4-6-13-9-7-12(3)8-10-13;1-3-9-6-4-8(2)5-7-9;1-2-3-4-5-6;2*1-3-2/h7-10H,1,4-6H2,2-3H3;4-7H,3H2,1-2H3;2H,1,3-5H2;3H2,1-2H3;1-2H2. The van der Waals surface area contributed by atoms with Gasteiger partial charge in [-0.1, -0.05) is 112 Å². The molecular weight excluding hydrogens is 415 g/mol. The smallest absolute Gasteiger partial charge is 0.0897 e. The maximum absolute atomic E-state index is 11.1. The number of aryl methyl sites for hydroxylation is 4. The lowest BCUT2D eigenvalue weighted by atomic mass is 10.0. The molecule has 0 saturated carbocycles. The Bertz CT molecular complexity index is 729. The molecule has 0 saturated heterocycles. The first-order valence-corrected chi connectivity index (χ1v) is 12.5. The van der Waals surface area contributed by atoms with Crippen molar-refractivity contribution in [2.45, 2.75) is 86.5 Å². The Morgan fingerprint density at radius 3 is 1.56 bits per heavy atom. The molecule has 0 aromatic heterocycles. The van der Waals surface area contributed by atoms with E-state index in [4.69, 9.17) is 0 Å². The van der Waals surface area contributed by atoms with Gasteiger partial charge < -0.3 is 0 Å². The van der Waals surface area contributed by atoms with Crippen molar-refractivity contribution in [1.29, 1.82) is 0 Å². The lowest BCUT2D eigenvalue weighted by Gasteiger charge is -2.01. The van der Waals surface area contributed by atoms with E-state index in [1.54, 1.807) is 6.08 Å². The molecular formula is C33H51F. The van der Waals surface area contributed by atoms with Crippen LogP contribution < -0.4 is 0 Å². The molecule has 0 aliphatic heterocycles. The van der Waals surface area contributed by atoms with E-state index >= 15 is 0 Å². The maximum Gasteiger partial charge on any atom is 0.0897 e. The highest BCUT2D eigenvalue weighted by molar-refractivity contribution is 5.21. The SMILES string of the molecule is C=C(C)CCCc1ccc(C)cc1.C=C=C.C=CCCCF.CCC.CCc1ccc(C)cc1. The van der Waals surface area contributed by atoms with Crippen molar-refractivity contribution in [1.82, 2.24) is 0 Å². The van der Waals surface area contributed by atoms with E-state index in [0.717, 1.165) is 19.3 Å². The van der Waals surface area contributed by atoms with Crippen molar-refractivity contribution in [3.8, 4) is 0 Å². The summed E-state index contributed by atoms with van der Waals surface area (Å²) in [6.07, 6.45) is 9.08. The van der Waals surface area contributed by atoms with E-state index in [9.17, 15) is 4.39 Å². The van der Waals surface area contributed by atoms with Crippen LogP contribution in [-0.2, 0) is 12.8 Å². The molecule has 1 heteroatoms. The van der Waals surface area contributed by atoms with Crippen LogP contribution in [0, 0.1) is 13.8 Å². The van der Waals surface area contributed by atoms with E-state index in [1.165, 1.54) is 47.1 Å². The number of alkyl halides is 1. The zero-order valence-electron chi connectivity index (χ0n) is 23.1. The van der Waals surface area contributed by atoms with Crippen molar-refractivity contribution < 1.29 is 4.39 Å². The van der Waals surface area contributed by atoms with Gasteiger partial charge in [-0.2, -0.15) is 0 Å². The first-order valence-electron chi connectivity index (χ1n) is 12.5. The van der Waals surface area contributed by atoms with Gasteiger partial charge in [-0.3, -0.25) is 4.39 Å². The van der Waals surface area contributed by atoms with Crippen LogP contribution in [0.2, 0.25) is 0 Å². The summed E-state index contributed by atoms with van der Waals surface area (Å²) in [5.74, 6) is 0. The van der Waals surface area contributed by atoms with Crippen molar-refractivity contribution in [3.63, 3.8) is 0 Å². The number of unbranched alkanes of at least 4 members (excludes halogenated alkanes) is 1. The Balaban J connectivity index is -0.000000399. The summed E-state index contributed by atoms with van der Waals surface area (Å²) in [5, 5.41) is 0. The van der Waals surface area contributed by atoms with Crippen LogP contribution in [0.4, 0.5) is 4.39 Å². The highest BCUT2D eigenvalue weighted by Gasteiger charge is 1.93. The lowest BCUT2D eigenvalue weighted by Crippen LogP contribution is -1.86. The third-order valence-electron chi connectivity index (χ3n) is 4.26. The fourth-order valence-corrected chi connectivity index (χ4v) is 2.39. The topological polar surface area (TPSA) is 0 Å². The summed E-state index contributed by atoms with van der Waals surface area (Å²) in [4.78, 5) is 0. The summed E-state index contributed by atoms with van der Waals surface area (Å²) >= 11 is 0. The zero-order chi connectivity index (χ0) is 26.6. The first kappa shape index (κ1) is 35.9. The van der Waals surface area contributed by atoms with Crippen LogP contribution in [0.25, 0.3) is 0 Å². The number of benzene rings is 2. The van der Waals surface area contributed by atoms with Gasteiger partial charge in [0, 0.05) is 0 Å². The molecule has 190 valence electrons. The molecule has 0 radical (unpaired) electrons. The monoisotopic (exact) mass is 466 g/mol. The minimum Gasteiger partial charge on any atom is -0.251 e. The minimum atomic E-state index is -0.216. The normalized spacial score (nSPS) is 8.56. The number of allylic oxidation sites excluding steroid dienone is 2. The highest BCUT2D eigenvalue weighted by atomic mass is 19.1. The van der Waals surface area contributed by atoms with Crippen molar-refractivity contribution >= 4 is 0 Å². The van der Waals surface area contributed by atoms with E-state index in [2.05, 4.69) is 122 Å². The molecule has 0 spiro atoms. The molecule has 0 bridgehead atoms. The largest absolute Gasteiger partial charge is 0.251 e. The Morgan fingerprint density at radius 1 is 0.853 bits per heavy atom. The van der Waals surface area contributed by atoms with Gasteiger partial charge in [-0.15, -0.1) is 18.9 Å². The van der Waals surface area contributed by atoms with Crippen LogP contribution in [-0.4, -0.2) is 6.67 Å². The van der Waals surface area contributed by atoms with Gasteiger partial charge in [0.1, 0.15) is 0 Å². The average molecular weight is 467 g/mol. The number of rotatable bonds is 8. The highest BCUT2D eigenvalue weighted by Crippen LogP contribution is 2.09. The summed E-state index contributed by atoms with van der Waals surface area (Å²) in [7, 11) is 0. The van der Waals surface area contributed by atoms with Crippen molar-refractivity contribution in [2.24, 2.45) is 0 Å². The molecule has 0 aliphatic rings. The molecule has 0 amide bonds. The Labute approximate surface area is 212 Å². The van der Waals surface area contributed by atoms with Crippen LogP contribution in [0.5, 0.6) is 0 Å². The van der Waals surface area contributed by atoms with Gasteiger partial charge in [0.15, 0.2) is 0 Å². The van der Waals surface area contributed by atoms with E-state index in [1.807, 2.05) is 0 Å². The molecule has 0 nitrogen and oxygen atoms in total. The summed E-state index contributed by atoms with van der Waals surface area (Å²) in [5.41, 5.74) is 9.07. The second-order valence-corrected chi connectivity index (χ2v) is 8.21. The molecule has 2 aromatic carbocycles. The van der Waals surface area contributed by atoms with E-state index < -0.39 is 0 Å². The van der Waals surface area contributed by atoms with Crippen LogP contribution in [0.15, 0.2) is 92.2 Å². The maximum atomic E-state index is 11.1. The molecule has 34 heavy (non-hydrogen) atoms. The molecule has 2 rings (SSSR count). The van der Waals surface area contributed by atoms with Crippen molar-refractivity contribution in [3.05, 3.63) is 114 Å². The first-order chi connectivity index (χ1) is 16.2. The van der Waals surface area contributed by atoms with E-state index in [0.29, 0.717) is 6.42 Å². The zero-order valence-corrected chi connectivity index (χ0v) is 23.1. The lowest BCUT2D eigenvalue weighted by molar-refractivity contribution is 0.476. The van der Waals surface area contributed by atoms with Gasteiger partial charge >= 0.3 is 0 Å². The van der Waals surface area contributed by atoms with Crippen LogP contribution in [0.3, 0.4) is 0 Å². The average Bonchev–Trinajstić information content (AvgIpc) is 2.81. The number of hydrogen-bond donors (Lipinski definition) is 0. The van der Waals surface area contributed by atoms with Gasteiger partial charge in [-0.05, 0) is 70.4 Å².